The molecule has 1 aliphatic heterocycles. The molecule has 0 atom stereocenters. The number of hydrazone groups is 1. The van der Waals surface area contributed by atoms with Crippen molar-refractivity contribution in [2.75, 3.05) is 25.8 Å². The molecule has 0 aromatic heterocycles. The Morgan fingerprint density at radius 1 is 1.07 bits per heavy atom. The molecule has 0 unspecified atom stereocenters. The minimum Gasteiger partial charge on any atom is -0.493 e. The number of halogens is 3. The van der Waals surface area contributed by atoms with Crippen molar-refractivity contribution in [2.24, 2.45) is 5.10 Å². The highest BCUT2D eigenvalue weighted by atomic mass is 79.9. The lowest BCUT2D eigenvalue weighted by atomic mass is 10.2. The fraction of sp³-hybridized carbons (Fsp3) is 0.154. The van der Waals surface area contributed by atoms with E-state index in [4.69, 9.17) is 42.1 Å². The summed E-state index contributed by atoms with van der Waals surface area (Å²) in [6, 6.07) is 13.3. The second-order valence-electron chi connectivity index (χ2n) is 8.04. The molecule has 0 radical (unpaired) electrons. The smallest absolute Gasteiger partial charge is 0.329 e. The minimum atomic E-state index is -0.950. The molecule has 3 aromatic carbocycles. The molecule has 3 N–H and O–H groups in total. The summed E-state index contributed by atoms with van der Waals surface area (Å²) < 4.78 is 22.0. The molecule has 3 amide bonds. The molecule has 0 saturated heterocycles. The van der Waals surface area contributed by atoms with E-state index in [0.717, 1.165) is 5.56 Å². The van der Waals surface area contributed by atoms with E-state index in [1.165, 1.54) is 13.3 Å². The number of nitrogens with one attached hydrogen (secondary N) is 3. The lowest BCUT2D eigenvalue weighted by Crippen LogP contribution is -2.37. The molecular weight excluding hydrogens is 631 g/mol. The summed E-state index contributed by atoms with van der Waals surface area (Å²) in [6.07, 6.45) is 1.31. The standard InChI is InChI=1S/C26H21BrCl2N4O7/c1-37-21-9-15(7-16(27)24(21)38-12-22(34)32-18-4-2-3-17(28)23(18)29)11-31-33-26(36)25(35)30-10-14-5-6-19-20(8-14)40-13-39-19/h2-9,11H,10,12-13H2,1H3,(H,30,35)(H,32,34)(H,33,36)/b31-11-. The van der Waals surface area contributed by atoms with Gasteiger partial charge in [-0.3, -0.25) is 14.4 Å². The Hall–Kier alpha value is -4.00. The zero-order valence-corrected chi connectivity index (χ0v) is 23.9. The van der Waals surface area contributed by atoms with Gasteiger partial charge in [0.05, 0.1) is 33.5 Å². The molecule has 1 heterocycles. The second-order valence-corrected chi connectivity index (χ2v) is 9.68. The van der Waals surface area contributed by atoms with Crippen LogP contribution in [-0.2, 0) is 20.9 Å². The number of carbonyl (C=O) groups is 3. The van der Waals surface area contributed by atoms with Gasteiger partial charge in [-0.05, 0) is 63.5 Å². The minimum absolute atomic E-state index is 0.113. The van der Waals surface area contributed by atoms with Crippen LogP contribution in [0.5, 0.6) is 23.0 Å². The van der Waals surface area contributed by atoms with Crippen LogP contribution < -0.4 is 35.0 Å². The third-order valence-electron chi connectivity index (χ3n) is 5.30. The number of benzene rings is 3. The van der Waals surface area contributed by atoms with Crippen molar-refractivity contribution in [3.8, 4) is 23.0 Å². The van der Waals surface area contributed by atoms with Gasteiger partial charge in [-0.15, -0.1) is 0 Å². The molecule has 1 aliphatic rings. The van der Waals surface area contributed by atoms with E-state index in [2.05, 4.69) is 37.1 Å². The lowest BCUT2D eigenvalue weighted by Gasteiger charge is -2.14. The number of fused-ring (bicyclic) bond motifs is 1. The SMILES string of the molecule is COc1cc(/C=N\NC(=O)C(=O)NCc2ccc3c(c2)OCO3)cc(Br)c1OCC(=O)Nc1cccc(Cl)c1Cl. The average Bonchev–Trinajstić information content (AvgIpc) is 3.41. The Balaban J connectivity index is 1.29. The maximum atomic E-state index is 12.4. The molecule has 4 rings (SSSR count). The number of rotatable bonds is 9. The molecule has 40 heavy (non-hydrogen) atoms. The Morgan fingerprint density at radius 3 is 2.67 bits per heavy atom. The largest absolute Gasteiger partial charge is 0.493 e. The van der Waals surface area contributed by atoms with Crippen molar-refractivity contribution in [2.45, 2.75) is 6.54 Å². The number of hydrogen-bond donors (Lipinski definition) is 3. The monoisotopic (exact) mass is 650 g/mol. The van der Waals surface area contributed by atoms with Crippen LogP contribution in [0, 0.1) is 0 Å². The van der Waals surface area contributed by atoms with Crippen LogP contribution in [0.4, 0.5) is 5.69 Å². The first-order valence-corrected chi connectivity index (χ1v) is 13.0. The second kappa shape index (κ2) is 13.4. The van der Waals surface area contributed by atoms with Crippen molar-refractivity contribution in [3.63, 3.8) is 0 Å². The zero-order chi connectivity index (χ0) is 28.6. The van der Waals surface area contributed by atoms with Crippen molar-refractivity contribution in [1.29, 1.82) is 0 Å². The van der Waals surface area contributed by atoms with Gasteiger partial charge in [0, 0.05) is 6.54 Å². The van der Waals surface area contributed by atoms with Gasteiger partial charge in [0.25, 0.3) is 5.91 Å². The van der Waals surface area contributed by atoms with Gasteiger partial charge in [0.1, 0.15) is 0 Å². The van der Waals surface area contributed by atoms with Crippen LogP contribution >= 0.6 is 39.1 Å². The first kappa shape index (κ1) is 29.0. The number of carbonyl (C=O) groups excluding carboxylic acids is 3. The molecule has 0 fully saturated rings. The van der Waals surface area contributed by atoms with Crippen LogP contribution in [0.25, 0.3) is 0 Å². The van der Waals surface area contributed by atoms with Crippen molar-refractivity contribution < 1.29 is 33.3 Å². The summed E-state index contributed by atoms with van der Waals surface area (Å²) >= 11 is 15.4. The summed E-state index contributed by atoms with van der Waals surface area (Å²) in [6.45, 7) is -0.0908. The first-order chi connectivity index (χ1) is 19.2. The molecular formula is C26H21BrCl2N4O7. The average molecular weight is 652 g/mol. The maximum Gasteiger partial charge on any atom is 0.329 e. The van der Waals surface area contributed by atoms with E-state index in [9.17, 15) is 14.4 Å². The van der Waals surface area contributed by atoms with Crippen LogP contribution in [0.2, 0.25) is 10.0 Å². The molecule has 0 spiro atoms. The van der Waals surface area contributed by atoms with Gasteiger partial charge in [0.15, 0.2) is 29.6 Å². The predicted octanol–water partition coefficient (Wildman–Crippen LogP) is 4.28. The van der Waals surface area contributed by atoms with E-state index in [1.54, 1.807) is 48.5 Å². The van der Waals surface area contributed by atoms with Crippen LogP contribution in [-0.4, -0.2) is 44.4 Å². The van der Waals surface area contributed by atoms with Gasteiger partial charge in [-0.1, -0.05) is 35.3 Å². The van der Waals surface area contributed by atoms with Crippen LogP contribution in [0.3, 0.4) is 0 Å². The number of anilines is 1. The highest BCUT2D eigenvalue weighted by molar-refractivity contribution is 9.10. The van der Waals surface area contributed by atoms with Gasteiger partial charge < -0.3 is 29.6 Å². The van der Waals surface area contributed by atoms with Crippen LogP contribution in [0.15, 0.2) is 58.1 Å². The van der Waals surface area contributed by atoms with E-state index < -0.39 is 17.7 Å². The summed E-state index contributed by atoms with van der Waals surface area (Å²) in [7, 11) is 1.42. The van der Waals surface area contributed by atoms with E-state index >= 15 is 0 Å². The van der Waals surface area contributed by atoms with E-state index in [0.29, 0.717) is 32.2 Å². The number of amides is 3. The first-order valence-electron chi connectivity index (χ1n) is 11.5. The summed E-state index contributed by atoms with van der Waals surface area (Å²) in [5, 5.41) is 9.47. The molecule has 0 saturated carbocycles. The number of methoxy groups -OCH3 is 1. The fourth-order valence-electron chi connectivity index (χ4n) is 3.41. The van der Waals surface area contributed by atoms with Crippen LogP contribution in [0.1, 0.15) is 11.1 Å². The maximum absolute atomic E-state index is 12.4. The van der Waals surface area contributed by atoms with Crippen molar-refractivity contribution in [1.82, 2.24) is 10.7 Å². The normalized spacial score (nSPS) is 11.7. The van der Waals surface area contributed by atoms with Crippen molar-refractivity contribution in [3.05, 3.63) is 74.2 Å². The topological polar surface area (TPSA) is 137 Å². The molecule has 3 aromatic rings. The molecule has 208 valence electrons. The highest BCUT2D eigenvalue weighted by Gasteiger charge is 2.17. The number of nitrogens with zero attached hydrogens (tertiary/aromatic N) is 1. The zero-order valence-electron chi connectivity index (χ0n) is 20.8. The van der Waals surface area contributed by atoms with E-state index in [1.807, 2.05) is 0 Å². The molecule has 0 aliphatic carbocycles. The highest BCUT2D eigenvalue weighted by Crippen LogP contribution is 2.36. The van der Waals surface area contributed by atoms with Crippen molar-refractivity contribution >= 4 is 68.8 Å². The molecule has 0 bridgehead atoms. The van der Waals surface area contributed by atoms with Gasteiger partial charge in [-0.2, -0.15) is 5.10 Å². The van der Waals surface area contributed by atoms with E-state index in [-0.39, 0.29) is 36.5 Å². The predicted molar refractivity (Wildman–Crippen MR) is 151 cm³/mol. The summed E-state index contributed by atoms with van der Waals surface area (Å²) in [5.41, 5.74) is 3.76. The van der Waals surface area contributed by atoms with Gasteiger partial charge >= 0.3 is 11.8 Å². The molecule has 11 nitrogen and oxygen atoms in total. The van der Waals surface area contributed by atoms with Gasteiger partial charge in [0.2, 0.25) is 6.79 Å². The molecule has 14 heteroatoms. The fourth-order valence-corrected chi connectivity index (χ4v) is 4.33. The van der Waals surface area contributed by atoms with Gasteiger partial charge in [-0.25, -0.2) is 5.43 Å². The quantitative estimate of drug-likeness (QED) is 0.179. The Kier molecular flexibility index (Phi) is 9.70. The summed E-state index contributed by atoms with van der Waals surface area (Å²) in [4.78, 5) is 36.6. The summed E-state index contributed by atoms with van der Waals surface area (Å²) in [5.74, 6) is -0.540. The Labute approximate surface area is 246 Å². The Morgan fingerprint density at radius 2 is 1.88 bits per heavy atom. The third kappa shape index (κ3) is 7.34. The number of ether oxygens (including phenoxy) is 4. The lowest BCUT2D eigenvalue weighted by molar-refractivity contribution is -0.139. The number of hydrogen-bond acceptors (Lipinski definition) is 8. The Bertz CT molecular complexity index is 1490. The third-order valence-corrected chi connectivity index (χ3v) is 6.71.